The summed E-state index contributed by atoms with van der Waals surface area (Å²) in [5.41, 5.74) is 0.472. The van der Waals surface area contributed by atoms with Gasteiger partial charge in [0, 0.05) is 44.8 Å². The molecule has 1 aromatic rings. The summed E-state index contributed by atoms with van der Waals surface area (Å²) < 4.78 is 11.0. The van der Waals surface area contributed by atoms with Crippen LogP contribution in [-0.2, 0) is 4.74 Å². The molecule has 0 bridgehead atoms. The van der Waals surface area contributed by atoms with Crippen LogP contribution >= 0.6 is 0 Å². The Hall–Kier alpha value is -1.40. The van der Waals surface area contributed by atoms with Crippen molar-refractivity contribution in [3.05, 3.63) is 17.5 Å². The lowest BCUT2D eigenvalue weighted by Crippen LogP contribution is -2.37. The van der Waals surface area contributed by atoms with Gasteiger partial charge in [-0.25, -0.2) is 0 Å². The van der Waals surface area contributed by atoms with Gasteiger partial charge in [-0.3, -0.25) is 9.69 Å². The molecule has 0 spiro atoms. The van der Waals surface area contributed by atoms with Crippen LogP contribution in [0.3, 0.4) is 0 Å². The number of carbonyl (C=O) groups is 1. The van der Waals surface area contributed by atoms with E-state index in [-0.39, 0.29) is 5.91 Å². The van der Waals surface area contributed by atoms with Crippen LogP contribution in [-0.4, -0.2) is 66.3 Å². The van der Waals surface area contributed by atoms with Crippen molar-refractivity contribution >= 4 is 5.91 Å². The zero-order valence-corrected chi connectivity index (χ0v) is 13.6. The second kappa shape index (κ2) is 6.61. The van der Waals surface area contributed by atoms with Crippen molar-refractivity contribution in [1.29, 1.82) is 0 Å². The molecule has 1 atom stereocenters. The van der Waals surface area contributed by atoms with Crippen LogP contribution < -0.4 is 0 Å². The van der Waals surface area contributed by atoms with E-state index in [0.29, 0.717) is 17.7 Å². The van der Waals surface area contributed by atoms with E-state index in [2.05, 4.69) is 10.1 Å². The minimum absolute atomic E-state index is 0.0135. The fourth-order valence-corrected chi connectivity index (χ4v) is 3.55. The molecule has 0 N–H and O–H groups in total. The third-order valence-corrected chi connectivity index (χ3v) is 5.09. The second-order valence-corrected chi connectivity index (χ2v) is 6.97. The highest BCUT2D eigenvalue weighted by atomic mass is 16.5. The van der Waals surface area contributed by atoms with Crippen LogP contribution in [0.1, 0.15) is 54.3 Å². The number of rotatable bonds is 4. The first-order valence-electron chi connectivity index (χ1n) is 8.89. The van der Waals surface area contributed by atoms with E-state index < -0.39 is 0 Å². The van der Waals surface area contributed by atoms with Gasteiger partial charge in [0.05, 0.1) is 6.10 Å². The lowest BCUT2D eigenvalue weighted by Gasteiger charge is -2.23. The maximum absolute atomic E-state index is 12.6. The van der Waals surface area contributed by atoms with Crippen LogP contribution in [0.2, 0.25) is 0 Å². The van der Waals surface area contributed by atoms with Gasteiger partial charge >= 0.3 is 0 Å². The number of carbonyl (C=O) groups excluding carboxylic acids is 1. The standard InChI is InChI=1S/C17H25N3O3/c21-17(15-11-16(23-18-15)13-4-5-13)20-7-2-6-19(8-9-20)12-14-3-1-10-22-14/h11,13-14H,1-10,12H2/t14-/m0/s1. The number of amides is 1. The van der Waals surface area contributed by atoms with E-state index >= 15 is 0 Å². The maximum Gasteiger partial charge on any atom is 0.276 e. The van der Waals surface area contributed by atoms with Gasteiger partial charge in [-0.1, -0.05) is 5.16 Å². The summed E-state index contributed by atoms with van der Waals surface area (Å²) in [6, 6.07) is 1.84. The van der Waals surface area contributed by atoms with Gasteiger partial charge in [0.1, 0.15) is 5.76 Å². The molecule has 6 heteroatoms. The Bertz CT molecular complexity index is 549. The van der Waals surface area contributed by atoms with Crippen molar-refractivity contribution in [3.8, 4) is 0 Å². The second-order valence-electron chi connectivity index (χ2n) is 6.97. The fourth-order valence-electron chi connectivity index (χ4n) is 3.55. The first-order chi connectivity index (χ1) is 11.3. The molecule has 1 aromatic heterocycles. The number of hydrogen-bond acceptors (Lipinski definition) is 5. The lowest BCUT2D eigenvalue weighted by molar-refractivity contribution is 0.0699. The first kappa shape index (κ1) is 15.1. The largest absolute Gasteiger partial charge is 0.377 e. The zero-order chi connectivity index (χ0) is 15.6. The summed E-state index contributed by atoms with van der Waals surface area (Å²) in [5, 5.41) is 3.99. The number of ether oxygens (including phenoxy) is 1. The molecule has 3 heterocycles. The van der Waals surface area contributed by atoms with Crippen LogP contribution in [0.15, 0.2) is 10.6 Å². The molecule has 23 heavy (non-hydrogen) atoms. The fraction of sp³-hybridized carbons (Fsp3) is 0.765. The van der Waals surface area contributed by atoms with Gasteiger partial charge in [-0.15, -0.1) is 0 Å². The molecule has 0 radical (unpaired) electrons. The predicted molar refractivity (Wildman–Crippen MR) is 84.4 cm³/mol. The third-order valence-electron chi connectivity index (χ3n) is 5.09. The molecule has 126 valence electrons. The van der Waals surface area contributed by atoms with E-state index in [9.17, 15) is 4.79 Å². The first-order valence-corrected chi connectivity index (χ1v) is 8.89. The predicted octanol–water partition coefficient (Wildman–Crippen LogP) is 1.88. The average Bonchev–Trinajstić information content (AvgIpc) is 3.15. The molecule has 1 amide bonds. The molecule has 3 fully saturated rings. The minimum Gasteiger partial charge on any atom is -0.377 e. The van der Waals surface area contributed by atoms with E-state index in [4.69, 9.17) is 9.26 Å². The smallest absolute Gasteiger partial charge is 0.276 e. The Morgan fingerprint density at radius 2 is 2.09 bits per heavy atom. The molecule has 3 aliphatic rings. The van der Waals surface area contributed by atoms with Crippen molar-refractivity contribution in [2.45, 2.75) is 44.1 Å². The van der Waals surface area contributed by atoms with E-state index in [1.807, 2.05) is 11.0 Å². The van der Waals surface area contributed by atoms with Gasteiger partial charge in [-0.2, -0.15) is 0 Å². The topological polar surface area (TPSA) is 58.8 Å². The van der Waals surface area contributed by atoms with Crippen molar-refractivity contribution in [2.75, 3.05) is 39.3 Å². The monoisotopic (exact) mass is 319 g/mol. The SMILES string of the molecule is O=C(c1cc(C2CC2)on1)N1CCCN(C[C@@H]2CCCO2)CC1. The van der Waals surface area contributed by atoms with Crippen molar-refractivity contribution < 1.29 is 14.1 Å². The number of aromatic nitrogens is 1. The molecular weight excluding hydrogens is 294 g/mol. The molecule has 2 aliphatic heterocycles. The van der Waals surface area contributed by atoms with E-state index in [0.717, 1.165) is 64.4 Å². The van der Waals surface area contributed by atoms with Crippen molar-refractivity contribution in [3.63, 3.8) is 0 Å². The molecule has 1 saturated carbocycles. The summed E-state index contributed by atoms with van der Waals surface area (Å²) in [7, 11) is 0. The molecule has 0 aromatic carbocycles. The number of hydrogen-bond donors (Lipinski definition) is 0. The summed E-state index contributed by atoms with van der Waals surface area (Å²) in [6.07, 6.45) is 6.05. The van der Waals surface area contributed by atoms with E-state index in [1.165, 1.54) is 12.8 Å². The molecule has 6 nitrogen and oxygen atoms in total. The summed E-state index contributed by atoms with van der Waals surface area (Å²) in [6.45, 7) is 5.41. The Labute approximate surface area is 136 Å². The third kappa shape index (κ3) is 3.58. The van der Waals surface area contributed by atoms with Gasteiger partial charge in [0.2, 0.25) is 0 Å². The maximum atomic E-state index is 12.6. The van der Waals surface area contributed by atoms with E-state index in [1.54, 1.807) is 0 Å². The summed E-state index contributed by atoms with van der Waals surface area (Å²) in [5.74, 6) is 1.39. The summed E-state index contributed by atoms with van der Waals surface area (Å²) in [4.78, 5) is 17.0. The van der Waals surface area contributed by atoms with Gasteiger partial charge in [-0.05, 0) is 38.6 Å². The highest BCUT2D eigenvalue weighted by Crippen LogP contribution is 2.40. The minimum atomic E-state index is 0.0135. The van der Waals surface area contributed by atoms with Gasteiger partial charge in [0.15, 0.2) is 5.69 Å². The number of nitrogens with zero attached hydrogens (tertiary/aromatic N) is 3. The van der Waals surface area contributed by atoms with Crippen LogP contribution in [0.4, 0.5) is 0 Å². The van der Waals surface area contributed by atoms with Gasteiger partial charge < -0.3 is 14.2 Å². The van der Waals surface area contributed by atoms with Crippen LogP contribution in [0.25, 0.3) is 0 Å². The Balaban J connectivity index is 1.32. The highest BCUT2D eigenvalue weighted by molar-refractivity contribution is 5.92. The van der Waals surface area contributed by atoms with Crippen LogP contribution in [0, 0.1) is 0 Å². The Morgan fingerprint density at radius 1 is 1.17 bits per heavy atom. The Kier molecular flexibility index (Phi) is 4.35. The Morgan fingerprint density at radius 3 is 2.87 bits per heavy atom. The normalized spacial score (nSPS) is 26.4. The molecule has 2 saturated heterocycles. The quantitative estimate of drug-likeness (QED) is 0.848. The van der Waals surface area contributed by atoms with Gasteiger partial charge in [0.25, 0.3) is 5.91 Å². The summed E-state index contributed by atoms with van der Waals surface area (Å²) >= 11 is 0. The molecule has 4 rings (SSSR count). The molecule has 1 aliphatic carbocycles. The highest BCUT2D eigenvalue weighted by Gasteiger charge is 2.30. The van der Waals surface area contributed by atoms with Crippen molar-refractivity contribution in [1.82, 2.24) is 15.0 Å². The molecule has 0 unspecified atom stereocenters. The zero-order valence-electron chi connectivity index (χ0n) is 13.6. The van der Waals surface area contributed by atoms with Crippen molar-refractivity contribution in [2.24, 2.45) is 0 Å². The average molecular weight is 319 g/mol. The lowest BCUT2D eigenvalue weighted by atomic mass is 10.2. The molecular formula is C17H25N3O3. The van der Waals surface area contributed by atoms with Crippen LogP contribution in [0.5, 0.6) is 0 Å².